The predicted molar refractivity (Wildman–Crippen MR) is 107 cm³/mol. The molecule has 0 atom stereocenters. The number of methoxy groups -OCH3 is 1. The van der Waals surface area contributed by atoms with E-state index in [4.69, 9.17) is 4.74 Å². The molecular formula is C22H26N2O3. The summed E-state index contributed by atoms with van der Waals surface area (Å²) < 4.78 is 5.13. The first-order valence-corrected chi connectivity index (χ1v) is 9.35. The number of aryl methyl sites for hydroxylation is 1. The molecule has 0 spiro atoms. The van der Waals surface area contributed by atoms with Crippen LogP contribution in [-0.2, 0) is 22.4 Å². The third-order valence-corrected chi connectivity index (χ3v) is 4.77. The lowest BCUT2D eigenvalue weighted by Crippen LogP contribution is -2.38. The largest absolute Gasteiger partial charge is 0.497 e. The highest BCUT2D eigenvalue weighted by Crippen LogP contribution is 2.30. The first-order valence-electron chi connectivity index (χ1n) is 9.35. The van der Waals surface area contributed by atoms with Gasteiger partial charge in [-0.3, -0.25) is 9.59 Å². The van der Waals surface area contributed by atoms with Crippen molar-refractivity contribution in [3.05, 3.63) is 53.6 Å². The van der Waals surface area contributed by atoms with Gasteiger partial charge < -0.3 is 15.0 Å². The maximum Gasteiger partial charge on any atom is 0.229 e. The average molecular weight is 366 g/mol. The van der Waals surface area contributed by atoms with Crippen LogP contribution in [-0.4, -0.2) is 25.5 Å². The summed E-state index contributed by atoms with van der Waals surface area (Å²) in [6.45, 7) is 4.60. The van der Waals surface area contributed by atoms with E-state index in [9.17, 15) is 9.59 Å². The molecule has 5 heteroatoms. The molecule has 142 valence electrons. The Balaban J connectivity index is 1.69. The minimum absolute atomic E-state index is 0.0279. The Labute approximate surface area is 160 Å². The van der Waals surface area contributed by atoms with Gasteiger partial charge in [0.1, 0.15) is 5.75 Å². The number of fused-ring (bicyclic) bond motifs is 1. The van der Waals surface area contributed by atoms with Crippen molar-refractivity contribution in [3.8, 4) is 5.75 Å². The molecule has 2 amide bonds. The van der Waals surface area contributed by atoms with Crippen LogP contribution in [0.3, 0.4) is 0 Å². The molecular weight excluding hydrogens is 340 g/mol. The lowest BCUT2D eigenvalue weighted by molar-refractivity contribution is -0.121. The molecule has 0 saturated heterocycles. The molecule has 0 fully saturated rings. The van der Waals surface area contributed by atoms with Crippen molar-refractivity contribution in [2.75, 3.05) is 23.9 Å². The number of carbonyl (C=O) groups excluding carboxylic acids is 2. The number of anilines is 2. The number of rotatable bonds is 5. The minimum atomic E-state index is -0.0639. The second-order valence-corrected chi connectivity index (χ2v) is 7.16. The zero-order chi connectivity index (χ0) is 19.4. The van der Waals surface area contributed by atoms with Crippen LogP contribution in [0.5, 0.6) is 5.75 Å². The molecule has 27 heavy (non-hydrogen) atoms. The van der Waals surface area contributed by atoms with E-state index in [1.165, 1.54) is 0 Å². The number of hydrogen-bond acceptors (Lipinski definition) is 3. The molecule has 0 unspecified atom stereocenters. The Hall–Kier alpha value is -2.82. The summed E-state index contributed by atoms with van der Waals surface area (Å²) in [4.78, 5) is 26.6. The van der Waals surface area contributed by atoms with Gasteiger partial charge in [-0.25, -0.2) is 0 Å². The van der Waals surface area contributed by atoms with Crippen molar-refractivity contribution < 1.29 is 14.3 Å². The number of nitrogens with zero attached hydrogens (tertiary/aromatic N) is 1. The van der Waals surface area contributed by atoms with Crippen molar-refractivity contribution >= 4 is 23.2 Å². The van der Waals surface area contributed by atoms with E-state index in [1.807, 2.05) is 61.2 Å². The fourth-order valence-corrected chi connectivity index (χ4v) is 3.35. The van der Waals surface area contributed by atoms with Gasteiger partial charge in [-0.05, 0) is 54.3 Å². The smallest absolute Gasteiger partial charge is 0.229 e. The van der Waals surface area contributed by atoms with Gasteiger partial charge >= 0.3 is 0 Å². The maximum atomic E-state index is 12.4. The molecule has 0 aliphatic carbocycles. The molecule has 0 aromatic heterocycles. The topological polar surface area (TPSA) is 58.6 Å². The van der Waals surface area contributed by atoms with Crippen molar-refractivity contribution in [1.29, 1.82) is 0 Å². The maximum absolute atomic E-state index is 12.4. The Morgan fingerprint density at radius 3 is 2.56 bits per heavy atom. The molecule has 0 radical (unpaired) electrons. The summed E-state index contributed by atoms with van der Waals surface area (Å²) >= 11 is 0. The van der Waals surface area contributed by atoms with Crippen LogP contribution in [0.15, 0.2) is 42.5 Å². The number of nitrogens with one attached hydrogen (secondary N) is 1. The highest BCUT2D eigenvalue weighted by Gasteiger charge is 2.24. The van der Waals surface area contributed by atoms with Gasteiger partial charge in [-0.15, -0.1) is 0 Å². The molecule has 0 bridgehead atoms. The fraction of sp³-hybridized carbons (Fsp3) is 0.364. The molecule has 1 N–H and O–H groups in total. The average Bonchev–Trinajstić information content (AvgIpc) is 2.67. The van der Waals surface area contributed by atoms with E-state index in [1.54, 1.807) is 7.11 Å². The lowest BCUT2D eigenvalue weighted by atomic mass is 9.99. The number of carbonyl (C=O) groups is 2. The summed E-state index contributed by atoms with van der Waals surface area (Å²) in [6.07, 6.45) is 2.16. The van der Waals surface area contributed by atoms with Crippen LogP contribution >= 0.6 is 0 Å². The third-order valence-electron chi connectivity index (χ3n) is 4.77. The van der Waals surface area contributed by atoms with E-state index < -0.39 is 0 Å². The van der Waals surface area contributed by atoms with Crippen LogP contribution in [0.2, 0.25) is 0 Å². The van der Waals surface area contributed by atoms with Gasteiger partial charge in [0.25, 0.3) is 0 Å². The van der Waals surface area contributed by atoms with Crippen LogP contribution in [0.4, 0.5) is 11.4 Å². The van der Waals surface area contributed by atoms with Crippen LogP contribution in [0.25, 0.3) is 0 Å². The molecule has 1 heterocycles. The van der Waals surface area contributed by atoms with Gasteiger partial charge in [0, 0.05) is 23.8 Å². The normalized spacial score (nSPS) is 13.3. The minimum Gasteiger partial charge on any atom is -0.497 e. The molecule has 1 aliphatic rings. The molecule has 3 rings (SSSR count). The van der Waals surface area contributed by atoms with Crippen molar-refractivity contribution in [2.24, 2.45) is 5.92 Å². The second kappa shape index (κ2) is 8.25. The van der Waals surface area contributed by atoms with Crippen molar-refractivity contribution in [3.63, 3.8) is 0 Å². The Morgan fingerprint density at radius 1 is 1.15 bits per heavy atom. The van der Waals surface area contributed by atoms with Crippen LogP contribution in [0.1, 0.15) is 31.4 Å². The second-order valence-electron chi connectivity index (χ2n) is 7.16. The molecule has 2 aromatic carbocycles. The third kappa shape index (κ3) is 4.48. The highest BCUT2D eigenvalue weighted by atomic mass is 16.5. The van der Waals surface area contributed by atoms with Gasteiger partial charge in [0.2, 0.25) is 11.8 Å². The summed E-state index contributed by atoms with van der Waals surface area (Å²) in [5.74, 6) is 0.826. The van der Waals surface area contributed by atoms with Gasteiger partial charge in [-0.1, -0.05) is 26.0 Å². The summed E-state index contributed by atoms with van der Waals surface area (Å²) in [5.41, 5.74) is 3.77. The van der Waals surface area contributed by atoms with Gasteiger partial charge in [0.05, 0.1) is 13.5 Å². The van der Waals surface area contributed by atoms with Crippen molar-refractivity contribution in [1.82, 2.24) is 0 Å². The quantitative estimate of drug-likeness (QED) is 0.875. The van der Waals surface area contributed by atoms with E-state index in [0.29, 0.717) is 6.42 Å². The van der Waals surface area contributed by atoms with E-state index in [0.717, 1.165) is 47.6 Å². The SMILES string of the molecule is COc1ccc(CC(=O)Nc2ccc3c(c2)CCCN3C(=O)C(C)C)cc1. The van der Waals surface area contributed by atoms with Crippen LogP contribution < -0.4 is 15.0 Å². The van der Waals surface area contributed by atoms with E-state index in [-0.39, 0.29) is 17.7 Å². The number of benzene rings is 2. The summed E-state index contributed by atoms with van der Waals surface area (Å²) in [5, 5.41) is 2.96. The highest BCUT2D eigenvalue weighted by molar-refractivity contribution is 5.97. The Bertz CT molecular complexity index is 828. The van der Waals surface area contributed by atoms with E-state index >= 15 is 0 Å². The summed E-state index contributed by atoms with van der Waals surface area (Å²) in [7, 11) is 1.62. The predicted octanol–water partition coefficient (Wildman–Crippen LogP) is 3.81. The number of amides is 2. The molecule has 5 nitrogen and oxygen atoms in total. The number of ether oxygens (including phenoxy) is 1. The zero-order valence-corrected chi connectivity index (χ0v) is 16.1. The first kappa shape index (κ1) is 19.0. The van der Waals surface area contributed by atoms with Crippen molar-refractivity contribution in [2.45, 2.75) is 33.1 Å². The number of hydrogen-bond donors (Lipinski definition) is 1. The Kier molecular flexibility index (Phi) is 5.79. The Morgan fingerprint density at radius 2 is 1.89 bits per heavy atom. The fourth-order valence-electron chi connectivity index (χ4n) is 3.35. The van der Waals surface area contributed by atoms with E-state index in [2.05, 4.69) is 5.32 Å². The summed E-state index contributed by atoms with van der Waals surface area (Å²) in [6, 6.07) is 13.3. The first-order chi connectivity index (χ1) is 13.0. The van der Waals surface area contributed by atoms with Crippen LogP contribution in [0, 0.1) is 5.92 Å². The molecule has 1 aliphatic heterocycles. The lowest BCUT2D eigenvalue weighted by Gasteiger charge is -2.31. The monoisotopic (exact) mass is 366 g/mol. The zero-order valence-electron chi connectivity index (χ0n) is 16.1. The standard InChI is InChI=1S/C22H26N2O3/c1-15(2)22(26)24-12-4-5-17-14-18(8-11-20(17)24)23-21(25)13-16-6-9-19(27-3)10-7-16/h6-11,14-15H,4-5,12-13H2,1-3H3,(H,23,25). The van der Waals surface area contributed by atoms with Gasteiger partial charge in [-0.2, -0.15) is 0 Å². The molecule has 0 saturated carbocycles. The molecule has 2 aromatic rings. The van der Waals surface area contributed by atoms with Gasteiger partial charge in [0.15, 0.2) is 0 Å².